The van der Waals surface area contributed by atoms with Crippen LogP contribution >= 0.6 is 34.5 Å². The van der Waals surface area contributed by atoms with Crippen LogP contribution in [0.1, 0.15) is 0 Å². The van der Waals surface area contributed by atoms with Crippen LogP contribution in [0.4, 0.5) is 10.8 Å². The molecule has 0 aliphatic carbocycles. The highest BCUT2D eigenvalue weighted by molar-refractivity contribution is 7.14. The molecule has 0 atom stereocenters. The Kier molecular flexibility index (Phi) is 5.30. The van der Waals surface area contributed by atoms with Crippen LogP contribution < -0.4 is 10.1 Å². The quantitative estimate of drug-likeness (QED) is 0.365. The highest BCUT2D eigenvalue weighted by atomic mass is 35.5. The van der Waals surface area contributed by atoms with Gasteiger partial charge in [0.25, 0.3) is 0 Å². The van der Waals surface area contributed by atoms with Gasteiger partial charge in [-0.05, 0) is 36.4 Å². The summed E-state index contributed by atoms with van der Waals surface area (Å²) in [5.41, 5.74) is 2.67. The van der Waals surface area contributed by atoms with Crippen molar-refractivity contribution in [2.75, 3.05) is 5.32 Å². The number of nitrogens with zero attached hydrogens (tertiary/aromatic N) is 1. The van der Waals surface area contributed by atoms with E-state index in [1.807, 2.05) is 72.1 Å². The van der Waals surface area contributed by atoms with Crippen molar-refractivity contribution < 1.29 is 4.74 Å². The summed E-state index contributed by atoms with van der Waals surface area (Å²) in [6, 6.07) is 22.9. The van der Waals surface area contributed by atoms with Crippen molar-refractivity contribution in [1.82, 2.24) is 4.98 Å². The van der Waals surface area contributed by atoms with Crippen LogP contribution in [-0.4, -0.2) is 4.98 Å². The van der Waals surface area contributed by atoms with Gasteiger partial charge in [-0.15, -0.1) is 11.3 Å². The van der Waals surface area contributed by atoms with Gasteiger partial charge in [0.15, 0.2) is 5.13 Å². The number of hydrogen-bond acceptors (Lipinski definition) is 4. The van der Waals surface area contributed by atoms with E-state index in [4.69, 9.17) is 27.9 Å². The molecule has 0 aliphatic heterocycles. The lowest BCUT2D eigenvalue weighted by molar-refractivity contribution is 0.483. The molecule has 0 radical (unpaired) electrons. The molecule has 27 heavy (non-hydrogen) atoms. The Morgan fingerprint density at radius 3 is 2.44 bits per heavy atom. The molecule has 4 rings (SSSR count). The van der Waals surface area contributed by atoms with E-state index in [0.717, 1.165) is 33.6 Å². The van der Waals surface area contributed by atoms with Gasteiger partial charge in [0.1, 0.15) is 11.5 Å². The minimum Gasteiger partial charge on any atom is -0.457 e. The Morgan fingerprint density at radius 1 is 0.815 bits per heavy atom. The Bertz CT molecular complexity index is 1070. The molecule has 1 heterocycles. The van der Waals surface area contributed by atoms with Crippen LogP contribution in [0.2, 0.25) is 10.0 Å². The third-order valence-electron chi connectivity index (χ3n) is 3.78. The first kappa shape index (κ1) is 17.9. The van der Waals surface area contributed by atoms with Crippen molar-refractivity contribution in [2.45, 2.75) is 0 Å². The van der Waals surface area contributed by atoms with Gasteiger partial charge >= 0.3 is 0 Å². The highest BCUT2D eigenvalue weighted by Gasteiger charge is 2.08. The molecule has 1 aromatic heterocycles. The molecule has 6 heteroatoms. The minimum atomic E-state index is 0.516. The second-order valence-electron chi connectivity index (χ2n) is 5.73. The van der Waals surface area contributed by atoms with Crippen molar-refractivity contribution in [2.24, 2.45) is 0 Å². The average Bonchev–Trinajstić information content (AvgIpc) is 3.13. The highest BCUT2D eigenvalue weighted by Crippen LogP contribution is 2.32. The van der Waals surface area contributed by atoms with Gasteiger partial charge in [0.05, 0.1) is 15.7 Å². The van der Waals surface area contributed by atoms with Crippen LogP contribution in [0.5, 0.6) is 11.5 Å². The van der Waals surface area contributed by atoms with Crippen LogP contribution in [-0.2, 0) is 0 Å². The molecular weight excluding hydrogens is 399 g/mol. The summed E-state index contributed by atoms with van der Waals surface area (Å²) in [6.07, 6.45) is 0. The lowest BCUT2D eigenvalue weighted by atomic mass is 10.2. The molecule has 3 aromatic carbocycles. The fourth-order valence-electron chi connectivity index (χ4n) is 2.50. The van der Waals surface area contributed by atoms with Crippen molar-refractivity contribution >= 4 is 45.4 Å². The Labute approximate surface area is 171 Å². The van der Waals surface area contributed by atoms with Gasteiger partial charge < -0.3 is 10.1 Å². The number of rotatable bonds is 5. The topological polar surface area (TPSA) is 34.1 Å². The SMILES string of the molecule is Clc1ccc(-c2csc(Nc3cccc(Oc4ccccc4)c3)n2)cc1Cl. The number of hydrogen-bond donors (Lipinski definition) is 1. The lowest BCUT2D eigenvalue weighted by Crippen LogP contribution is -1.91. The zero-order valence-electron chi connectivity index (χ0n) is 14.0. The molecule has 0 saturated carbocycles. The number of ether oxygens (including phenoxy) is 1. The lowest BCUT2D eigenvalue weighted by Gasteiger charge is -2.08. The summed E-state index contributed by atoms with van der Waals surface area (Å²) < 4.78 is 5.87. The number of thiazole rings is 1. The van der Waals surface area contributed by atoms with Crippen molar-refractivity contribution in [1.29, 1.82) is 0 Å². The Morgan fingerprint density at radius 2 is 1.63 bits per heavy atom. The third-order valence-corrected chi connectivity index (χ3v) is 5.28. The van der Waals surface area contributed by atoms with Gasteiger partial charge in [-0.25, -0.2) is 4.98 Å². The summed E-state index contributed by atoms with van der Waals surface area (Å²) in [4.78, 5) is 4.63. The fourth-order valence-corrected chi connectivity index (χ4v) is 3.54. The van der Waals surface area contributed by atoms with Crippen LogP contribution in [0.3, 0.4) is 0 Å². The zero-order valence-corrected chi connectivity index (χ0v) is 16.4. The molecule has 3 nitrogen and oxygen atoms in total. The summed E-state index contributed by atoms with van der Waals surface area (Å²) in [5.74, 6) is 1.55. The number of benzene rings is 3. The molecular formula is C21H14Cl2N2OS. The van der Waals surface area contributed by atoms with E-state index in [-0.39, 0.29) is 0 Å². The van der Waals surface area contributed by atoms with E-state index in [1.54, 1.807) is 6.07 Å². The number of nitrogens with one attached hydrogen (secondary N) is 1. The van der Waals surface area contributed by atoms with Crippen LogP contribution in [0.15, 0.2) is 78.2 Å². The number of aromatic nitrogens is 1. The van der Waals surface area contributed by atoms with E-state index >= 15 is 0 Å². The first-order valence-corrected chi connectivity index (χ1v) is 9.82. The smallest absolute Gasteiger partial charge is 0.187 e. The van der Waals surface area contributed by atoms with E-state index in [1.165, 1.54) is 11.3 Å². The first-order chi connectivity index (χ1) is 13.2. The molecule has 1 N–H and O–H groups in total. The maximum Gasteiger partial charge on any atom is 0.187 e. The molecule has 0 amide bonds. The monoisotopic (exact) mass is 412 g/mol. The number of anilines is 2. The molecule has 0 spiro atoms. The zero-order chi connectivity index (χ0) is 18.6. The maximum absolute atomic E-state index is 6.10. The van der Waals surface area contributed by atoms with Gasteiger partial charge in [-0.3, -0.25) is 0 Å². The summed E-state index contributed by atoms with van der Waals surface area (Å²) >= 11 is 13.6. The summed E-state index contributed by atoms with van der Waals surface area (Å²) in [7, 11) is 0. The largest absolute Gasteiger partial charge is 0.457 e. The van der Waals surface area contributed by atoms with Crippen LogP contribution in [0.25, 0.3) is 11.3 Å². The summed E-state index contributed by atoms with van der Waals surface area (Å²) in [5, 5.41) is 7.13. The number of para-hydroxylation sites is 1. The maximum atomic E-state index is 6.10. The van der Waals surface area contributed by atoms with Crippen LogP contribution in [0, 0.1) is 0 Å². The molecule has 134 valence electrons. The minimum absolute atomic E-state index is 0.516. The molecule has 0 fully saturated rings. The summed E-state index contributed by atoms with van der Waals surface area (Å²) in [6.45, 7) is 0. The molecule has 4 aromatic rings. The number of halogens is 2. The van der Waals surface area contributed by atoms with E-state index in [2.05, 4.69) is 10.3 Å². The van der Waals surface area contributed by atoms with Crippen molar-refractivity contribution in [3.05, 3.63) is 88.2 Å². The third kappa shape index (κ3) is 4.42. The average molecular weight is 413 g/mol. The van der Waals surface area contributed by atoms with Gasteiger partial charge in [0, 0.05) is 22.7 Å². The van der Waals surface area contributed by atoms with Gasteiger partial charge in [0.2, 0.25) is 0 Å². The normalized spacial score (nSPS) is 10.6. The van der Waals surface area contributed by atoms with Crippen molar-refractivity contribution in [3.8, 4) is 22.8 Å². The standard InChI is InChI=1S/C21H14Cl2N2OS/c22-18-10-9-14(11-19(18)23)20-13-27-21(25-20)24-15-5-4-8-17(12-15)26-16-6-2-1-3-7-16/h1-13H,(H,24,25). The van der Waals surface area contributed by atoms with E-state index in [0.29, 0.717) is 10.0 Å². The molecule has 0 bridgehead atoms. The Balaban J connectivity index is 1.50. The van der Waals surface area contributed by atoms with Crippen molar-refractivity contribution in [3.63, 3.8) is 0 Å². The van der Waals surface area contributed by atoms with Gasteiger partial charge in [-0.2, -0.15) is 0 Å². The fraction of sp³-hybridized carbons (Fsp3) is 0. The second kappa shape index (κ2) is 8.01. The first-order valence-electron chi connectivity index (χ1n) is 8.18. The van der Waals surface area contributed by atoms with E-state index < -0.39 is 0 Å². The second-order valence-corrected chi connectivity index (χ2v) is 7.41. The Hall–Kier alpha value is -2.53. The molecule has 0 saturated heterocycles. The predicted octanol–water partition coefficient (Wildman–Crippen LogP) is 7.65. The predicted molar refractivity (Wildman–Crippen MR) is 114 cm³/mol. The molecule has 0 unspecified atom stereocenters. The van der Waals surface area contributed by atoms with Gasteiger partial charge in [-0.1, -0.05) is 53.5 Å². The molecule has 0 aliphatic rings. The van der Waals surface area contributed by atoms with E-state index in [9.17, 15) is 0 Å².